The topological polar surface area (TPSA) is 41.6 Å². The molecule has 1 fully saturated rings. The number of amides is 1. The van der Waals surface area contributed by atoms with Crippen LogP contribution in [0.3, 0.4) is 0 Å². The molecule has 0 radical (unpaired) electrons. The van der Waals surface area contributed by atoms with E-state index in [1.165, 1.54) is 5.56 Å². The third-order valence-corrected chi connectivity index (χ3v) is 3.83. The quantitative estimate of drug-likeness (QED) is 0.860. The fourth-order valence-corrected chi connectivity index (χ4v) is 2.57. The highest BCUT2D eigenvalue weighted by atomic mass is 16.5. The van der Waals surface area contributed by atoms with Crippen molar-refractivity contribution >= 4 is 5.91 Å². The van der Waals surface area contributed by atoms with Gasteiger partial charge in [-0.3, -0.25) is 4.79 Å². The first-order chi connectivity index (χ1) is 9.72. The lowest BCUT2D eigenvalue weighted by Crippen LogP contribution is -2.34. The summed E-state index contributed by atoms with van der Waals surface area (Å²) in [6.07, 6.45) is 2.09. The van der Waals surface area contributed by atoms with Crippen LogP contribution < -0.4 is 10.1 Å². The molecule has 4 heteroatoms. The van der Waals surface area contributed by atoms with E-state index >= 15 is 0 Å². The molecular formula is C16H24N2O2. The van der Waals surface area contributed by atoms with E-state index in [1.807, 2.05) is 36.2 Å². The predicted molar refractivity (Wildman–Crippen MR) is 79.9 cm³/mol. The van der Waals surface area contributed by atoms with Crippen LogP contribution in [0, 0.1) is 5.92 Å². The Morgan fingerprint density at radius 2 is 2.15 bits per heavy atom. The Balaban J connectivity index is 1.77. The first-order valence-electron chi connectivity index (χ1n) is 7.37. The number of rotatable bonds is 6. The van der Waals surface area contributed by atoms with E-state index in [4.69, 9.17) is 4.74 Å². The lowest BCUT2D eigenvalue weighted by Gasteiger charge is -2.17. The van der Waals surface area contributed by atoms with Crippen LogP contribution in [0.5, 0.6) is 5.75 Å². The van der Waals surface area contributed by atoms with E-state index in [-0.39, 0.29) is 12.5 Å². The van der Waals surface area contributed by atoms with Gasteiger partial charge in [0, 0.05) is 13.1 Å². The molecule has 0 bridgehead atoms. The summed E-state index contributed by atoms with van der Waals surface area (Å²) < 4.78 is 5.57. The number of hydrogen-bond acceptors (Lipinski definition) is 3. The maximum absolute atomic E-state index is 12.1. The van der Waals surface area contributed by atoms with Gasteiger partial charge in [-0.05, 0) is 50.0 Å². The van der Waals surface area contributed by atoms with Gasteiger partial charge in [-0.2, -0.15) is 0 Å². The van der Waals surface area contributed by atoms with Crippen molar-refractivity contribution in [2.24, 2.45) is 5.92 Å². The van der Waals surface area contributed by atoms with E-state index < -0.39 is 0 Å². The third kappa shape index (κ3) is 3.97. The first-order valence-corrected chi connectivity index (χ1v) is 7.37. The molecular weight excluding hydrogens is 252 g/mol. The van der Waals surface area contributed by atoms with Gasteiger partial charge >= 0.3 is 0 Å². The zero-order valence-corrected chi connectivity index (χ0v) is 12.4. The standard InChI is InChI=1S/C16H24N2O2/c1-3-13-4-6-15(7-5-13)20-12-16(19)18-9-8-14(11-18)10-17-2/h4-7,14,17H,3,8-12H2,1-2H3. The van der Waals surface area contributed by atoms with Crippen LogP contribution in [0.25, 0.3) is 0 Å². The Labute approximate surface area is 121 Å². The molecule has 0 saturated carbocycles. The van der Waals surface area contributed by atoms with Crippen molar-refractivity contribution in [1.29, 1.82) is 0 Å². The van der Waals surface area contributed by atoms with Crippen LogP contribution in [0.2, 0.25) is 0 Å². The summed E-state index contributed by atoms with van der Waals surface area (Å²) in [7, 11) is 1.95. The molecule has 1 aromatic carbocycles. The summed E-state index contributed by atoms with van der Waals surface area (Å²) in [5.74, 6) is 1.43. The normalized spacial score (nSPS) is 18.3. The molecule has 0 aliphatic carbocycles. The highest BCUT2D eigenvalue weighted by Crippen LogP contribution is 2.16. The van der Waals surface area contributed by atoms with Crippen molar-refractivity contribution in [2.75, 3.05) is 33.3 Å². The lowest BCUT2D eigenvalue weighted by molar-refractivity contribution is -0.132. The van der Waals surface area contributed by atoms with Crippen molar-refractivity contribution < 1.29 is 9.53 Å². The van der Waals surface area contributed by atoms with Crippen molar-refractivity contribution in [3.8, 4) is 5.75 Å². The van der Waals surface area contributed by atoms with Gasteiger partial charge in [0.05, 0.1) is 0 Å². The van der Waals surface area contributed by atoms with Crippen LogP contribution in [-0.2, 0) is 11.2 Å². The number of hydrogen-bond donors (Lipinski definition) is 1. The van der Waals surface area contributed by atoms with E-state index in [9.17, 15) is 4.79 Å². The Morgan fingerprint density at radius 1 is 1.40 bits per heavy atom. The largest absolute Gasteiger partial charge is 0.484 e. The fraction of sp³-hybridized carbons (Fsp3) is 0.562. The summed E-state index contributed by atoms with van der Waals surface area (Å²) in [5.41, 5.74) is 1.28. The predicted octanol–water partition coefficient (Wildman–Crippen LogP) is 1.70. The Bertz CT molecular complexity index is 431. The highest BCUT2D eigenvalue weighted by Gasteiger charge is 2.25. The molecule has 1 unspecified atom stereocenters. The first kappa shape index (κ1) is 14.9. The third-order valence-electron chi connectivity index (χ3n) is 3.83. The van der Waals surface area contributed by atoms with Crippen molar-refractivity contribution in [1.82, 2.24) is 10.2 Å². The van der Waals surface area contributed by atoms with Gasteiger partial charge in [0.15, 0.2) is 6.61 Å². The van der Waals surface area contributed by atoms with Crippen molar-refractivity contribution in [3.05, 3.63) is 29.8 Å². The smallest absolute Gasteiger partial charge is 0.260 e. The summed E-state index contributed by atoms with van der Waals surface area (Å²) in [4.78, 5) is 14.0. The molecule has 1 N–H and O–H groups in total. The van der Waals surface area contributed by atoms with Crippen LogP contribution in [0.1, 0.15) is 18.9 Å². The minimum Gasteiger partial charge on any atom is -0.484 e. The average molecular weight is 276 g/mol. The molecule has 0 spiro atoms. The average Bonchev–Trinajstić information content (AvgIpc) is 2.94. The number of nitrogens with zero attached hydrogens (tertiary/aromatic N) is 1. The number of carbonyl (C=O) groups is 1. The Hall–Kier alpha value is -1.55. The second-order valence-electron chi connectivity index (χ2n) is 5.34. The second kappa shape index (κ2) is 7.29. The molecule has 4 nitrogen and oxygen atoms in total. The highest BCUT2D eigenvalue weighted by molar-refractivity contribution is 5.78. The van der Waals surface area contributed by atoms with Gasteiger partial charge < -0.3 is 15.0 Å². The number of carbonyl (C=O) groups excluding carboxylic acids is 1. The van der Waals surface area contributed by atoms with Gasteiger partial charge in [-0.15, -0.1) is 0 Å². The number of nitrogens with one attached hydrogen (secondary N) is 1. The van der Waals surface area contributed by atoms with Crippen LogP contribution in [0.4, 0.5) is 0 Å². The SMILES string of the molecule is CCc1ccc(OCC(=O)N2CCC(CNC)C2)cc1. The number of ether oxygens (including phenoxy) is 1. The Morgan fingerprint density at radius 3 is 2.80 bits per heavy atom. The molecule has 1 amide bonds. The molecule has 1 heterocycles. The summed E-state index contributed by atoms with van der Waals surface area (Å²) in [5, 5.41) is 3.17. The molecule has 110 valence electrons. The molecule has 1 aromatic rings. The van der Waals surface area contributed by atoms with E-state index in [0.29, 0.717) is 5.92 Å². The monoisotopic (exact) mass is 276 g/mol. The Kier molecular flexibility index (Phi) is 5.41. The molecule has 2 rings (SSSR count). The summed E-state index contributed by atoms with van der Waals surface area (Å²) in [6, 6.07) is 7.94. The van der Waals surface area contributed by atoms with Crippen LogP contribution in [-0.4, -0.2) is 44.1 Å². The second-order valence-corrected chi connectivity index (χ2v) is 5.34. The van der Waals surface area contributed by atoms with Gasteiger partial charge in [-0.1, -0.05) is 19.1 Å². The van der Waals surface area contributed by atoms with Crippen LogP contribution in [0.15, 0.2) is 24.3 Å². The fourth-order valence-electron chi connectivity index (χ4n) is 2.57. The zero-order valence-electron chi connectivity index (χ0n) is 12.4. The summed E-state index contributed by atoms with van der Waals surface area (Å²) in [6.45, 7) is 4.93. The maximum atomic E-state index is 12.1. The number of benzene rings is 1. The minimum atomic E-state index is 0.0863. The molecule has 20 heavy (non-hydrogen) atoms. The molecule has 1 aliphatic rings. The molecule has 1 atom stereocenters. The van der Waals surface area contributed by atoms with Crippen molar-refractivity contribution in [3.63, 3.8) is 0 Å². The minimum absolute atomic E-state index is 0.0863. The molecule has 1 aliphatic heterocycles. The van der Waals surface area contributed by atoms with Gasteiger partial charge in [0.2, 0.25) is 0 Å². The van der Waals surface area contributed by atoms with Gasteiger partial charge in [-0.25, -0.2) is 0 Å². The van der Waals surface area contributed by atoms with Gasteiger partial charge in [0.1, 0.15) is 5.75 Å². The number of likely N-dealkylation sites (tertiary alicyclic amines) is 1. The van der Waals surface area contributed by atoms with Gasteiger partial charge in [0.25, 0.3) is 5.91 Å². The van der Waals surface area contributed by atoms with E-state index in [1.54, 1.807) is 0 Å². The van der Waals surface area contributed by atoms with Crippen LogP contribution >= 0.6 is 0 Å². The zero-order chi connectivity index (χ0) is 14.4. The molecule has 1 saturated heterocycles. The van der Waals surface area contributed by atoms with E-state index in [2.05, 4.69) is 12.2 Å². The molecule has 0 aromatic heterocycles. The van der Waals surface area contributed by atoms with Crippen molar-refractivity contribution in [2.45, 2.75) is 19.8 Å². The number of aryl methyl sites for hydroxylation is 1. The van der Waals surface area contributed by atoms with E-state index in [0.717, 1.165) is 38.2 Å². The summed E-state index contributed by atoms with van der Waals surface area (Å²) >= 11 is 0. The lowest BCUT2D eigenvalue weighted by atomic mass is 10.1. The maximum Gasteiger partial charge on any atom is 0.260 e.